The van der Waals surface area contributed by atoms with Crippen molar-refractivity contribution in [1.29, 1.82) is 0 Å². The smallest absolute Gasteiger partial charge is 0.329 e. The first-order chi connectivity index (χ1) is 11.8. The Morgan fingerprint density at radius 3 is 2.12 bits per heavy atom. The average molecular weight is 366 g/mol. The summed E-state index contributed by atoms with van der Waals surface area (Å²) >= 11 is 0. The van der Waals surface area contributed by atoms with Crippen LogP contribution < -0.4 is 0 Å². The number of carbonyl (C=O) groups excluding carboxylic acids is 3. The molecule has 0 radical (unpaired) electrons. The van der Waals surface area contributed by atoms with E-state index >= 15 is 0 Å². The highest BCUT2D eigenvalue weighted by molar-refractivity contribution is 7.89. The third kappa shape index (κ3) is 3.16. The van der Waals surface area contributed by atoms with Crippen molar-refractivity contribution in [2.75, 3.05) is 18.8 Å². The summed E-state index contributed by atoms with van der Waals surface area (Å²) in [6.45, 7) is 2.01. The predicted molar refractivity (Wildman–Crippen MR) is 86.8 cm³/mol. The third-order valence-electron chi connectivity index (χ3n) is 4.48. The maximum atomic E-state index is 12.3. The van der Waals surface area contributed by atoms with E-state index in [9.17, 15) is 22.8 Å². The molecule has 134 valence electrons. The maximum absolute atomic E-state index is 12.3. The Balaban J connectivity index is 1.63. The molecule has 0 bridgehead atoms. The lowest BCUT2D eigenvalue weighted by Crippen LogP contribution is -2.43. The molecule has 0 unspecified atom stereocenters. The van der Waals surface area contributed by atoms with Gasteiger partial charge in [-0.05, 0) is 31.9 Å². The molecule has 1 aromatic rings. The van der Waals surface area contributed by atoms with Gasteiger partial charge >= 0.3 is 5.97 Å². The van der Waals surface area contributed by atoms with E-state index in [-0.39, 0.29) is 30.0 Å². The van der Waals surface area contributed by atoms with Gasteiger partial charge in [0.05, 0.1) is 22.8 Å². The minimum absolute atomic E-state index is 0.0111. The van der Waals surface area contributed by atoms with E-state index in [0.717, 1.165) is 0 Å². The summed E-state index contributed by atoms with van der Waals surface area (Å²) in [7, 11) is -3.28. The number of imide groups is 1. The topological polar surface area (TPSA) is 101 Å². The van der Waals surface area contributed by atoms with Crippen molar-refractivity contribution in [2.45, 2.75) is 19.8 Å². The van der Waals surface area contributed by atoms with Crippen LogP contribution in [0.15, 0.2) is 24.3 Å². The lowest BCUT2D eigenvalue weighted by atomic mass is 9.99. The van der Waals surface area contributed by atoms with Crippen LogP contribution in [-0.4, -0.2) is 54.4 Å². The number of sulfonamides is 1. The highest BCUT2D eigenvalue weighted by Crippen LogP contribution is 2.26. The van der Waals surface area contributed by atoms with Gasteiger partial charge in [0.15, 0.2) is 0 Å². The molecule has 0 atom stereocenters. The first-order valence-corrected chi connectivity index (χ1v) is 9.63. The fraction of sp³-hybridized carbons (Fsp3) is 0.438. The summed E-state index contributed by atoms with van der Waals surface area (Å²) in [5.74, 6) is -2.56. The summed E-state index contributed by atoms with van der Waals surface area (Å²) in [5.41, 5.74) is 0.397. The molecule has 1 aromatic carbocycles. The molecule has 2 aliphatic rings. The van der Waals surface area contributed by atoms with E-state index in [1.54, 1.807) is 19.1 Å². The molecule has 2 amide bonds. The van der Waals surface area contributed by atoms with Crippen LogP contribution in [-0.2, 0) is 19.7 Å². The zero-order valence-electron chi connectivity index (χ0n) is 13.7. The van der Waals surface area contributed by atoms with Crippen LogP contribution in [0, 0.1) is 5.92 Å². The SMILES string of the molecule is CCS(=O)(=O)N1CCC(C(=O)ON2C(=O)c3ccccc3C2=O)CC1. The van der Waals surface area contributed by atoms with Crippen molar-refractivity contribution in [3.8, 4) is 0 Å². The normalized spacial score (nSPS) is 19.2. The first kappa shape index (κ1) is 17.6. The zero-order valence-corrected chi connectivity index (χ0v) is 14.5. The fourth-order valence-electron chi connectivity index (χ4n) is 2.97. The minimum Gasteiger partial charge on any atom is -0.329 e. The van der Waals surface area contributed by atoms with Gasteiger partial charge in [0.1, 0.15) is 0 Å². The lowest BCUT2D eigenvalue weighted by molar-refractivity contribution is -0.175. The van der Waals surface area contributed by atoms with Crippen LogP contribution in [0.3, 0.4) is 0 Å². The number of hydrogen-bond donors (Lipinski definition) is 0. The van der Waals surface area contributed by atoms with Crippen molar-refractivity contribution < 1.29 is 27.6 Å². The van der Waals surface area contributed by atoms with Crippen molar-refractivity contribution in [2.24, 2.45) is 5.92 Å². The Kier molecular flexibility index (Phi) is 4.61. The number of nitrogens with zero attached hydrogens (tertiary/aromatic N) is 2. The Labute approximate surface area is 145 Å². The molecule has 2 aliphatic heterocycles. The Hall–Kier alpha value is -2.26. The molecule has 1 saturated heterocycles. The van der Waals surface area contributed by atoms with E-state index in [1.165, 1.54) is 16.4 Å². The lowest BCUT2D eigenvalue weighted by Gasteiger charge is -2.30. The molecule has 0 aromatic heterocycles. The van der Waals surface area contributed by atoms with Gasteiger partial charge in [-0.2, -0.15) is 0 Å². The maximum Gasteiger partial charge on any atom is 0.336 e. The highest BCUT2D eigenvalue weighted by Gasteiger charge is 2.40. The van der Waals surface area contributed by atoms with Crippen molar-refractivity contribution in [1.82, 2.24) is 9.37 Å². The van der Waals surface area contributed by atoms with Crippen LogP contribution in [0.2, 0.25) is 0 Å². The minimum atomic E-state index is -3.28. The van der Waals surface area contributed by atoms with Crippen molar-refractivity contribution >= 4 is 27.8 Å². The van der Waals surface area contributed by atoms with Gasteiger partial charge < -0.3 is 4.84 Å². The standard InChI is InChI=1S/C16H18N2O6S/c1-2-25(22,23)17-9-7-11(8-10-17)16(21)24-18-14(19)12-5-3-4-6-13(12)15(18)20/h3-6,11H,2,7-10H2,1H3. The van der Waals surface area contributed by atoms with Gasteiger partial charge in [-0.3, -0.25) is 9.59 Å². The summed E-state index contributed by atoms with van der Waals surface area (Å²) in [6.07, 6.45) is 0.586. The van der Waals surface area contributed by atoms with E-state index in [0.29, 0.717) is 17.9 Å². The zero-order chi connectivity index (χ0) is 18.2. The number of hydroxylamine groups is 2. The van der Waals surface area contributed by atoms with E-state index in [2.05, 4.69) is 0 Å². The summed E-state index contributed by atoms with van der Waals surface area (Å²) in [5, 5.41) is 0.488. The number of benzene rings is 1. The number of amides is 2. The summed E-state index contributed by atoms with van der Waals surface area (Å²) in [4.78, 5) is 41.7. The molecule has 3 rings (SSSR count). The molecule has 8 nitrogen and oxygen atoms in total. The number of rotatable bonds is 4. The molecule has 0 N–H and O–H groups in total. The van der Waals surface area contributed by atoms with Crippen LogP contribution in [0.25, 0.3) is 0 Å². The average Bonchev–Trinajstić information content (AvgIpc) is 2.87. The fourth-order valence-corrected chi connectivity index (χ4v) is 4.10. The molecule has 0 aliphatic carbocycles. The summed E-state index contributed by atoms with van der Waals surface area (Å²) in [6, 6.07) is 6.24. The second kappa shape index (κ2) is 6.57. The quantitative estimate of drug-likeness (QED) is 0.731. The first-order valence-electron chi connectivity index (χ1n) is 8.02. The van der Waals surface area contributed by atoms with Crippen LogP contribution in [0.1, 0.15) is 40.5 Å². The highest BCUT2D eigenvalue weighted by atomic mass is 32.2. The number of fused-ring (bicyclic) bond motifs is 1. The summed E-state index contributed by atoms with van der Waals surface area (Å²) < 4.78 is 25.0. The number of carbonyl (C=O) groups is 3. The molecule has 1 fully saturated rings. The van der Waals surface area contributed by atoms with Crippen LogP contribution >= 0.6 is 0 Å². The van der Waals surface area contributed by atoms with Gasteiger partial charge in [-0.25, -0.2) is 17.5 Å². The second-order valence-corrected chi connectivity index (χ2v) is 8.19. The Morgan fingerprint density at radius 2 is 1.64 bits per heavy atom. The van der Waals surface area contributed by atoms with Crippen molar-refractivity contribution in [3.05, 3.63) is 35.4 Å². The Morgan fingerprint density at radius 1 is 1.12 bits per heavy atom. The van der Waals surface area contributed by atoms with Gasteiger partial charge in [-0.1, -0.05) is 17.2 Å². The Bertz CT molecular complexity index is 792. The second-order valence-electron chi connectivity index (χ2n) is 5.93. The monoisotopic (exact) mass is 366 g/mol. The number of hydrogen-bond acceptors (Lipinski definition) is 6. The van der Waals surface area contributed by atoms with E-state index < -0.39 is 33.7 Å². The molecule has 2 heterocycles. The van der Waals surface area contributed by atoms with E-state index in [1.807, 2.05) is 0 Å². The third-order valence-corrected chi connectivity index (χ3v) is 6.37. The van der Waals surface area contributed by atoms with Gasteiger partial charge in [0.2, 0.25) is 10.0 Å². The van der Waals surface area contributed by atoms with Gasteiger partial charge in [-0.15, -0.1) is 0 Å². The van der Waals surface area contributed by atoms with Crippen molar-refractivity contribution in [3.63, 3.8) is 0 Å². The largest absolute Gasteiger partial charge is 0.336 e. The molecule has 0 saturated carbocycles. The molecule has 9 heteroatoms. The van der Waals surface area contributed by atoms with Gasteiger partial charge in [0, 0.05) is 13.1 Å². The van der Waals surface area contributed by atoms with Crippen LogP contribution in [0.5, 0.6) is 0 Å². The van der Waals surface area contributed by atoms with Crippen LogP contribution in [0.4, 0.5) is 0 Å². The molecule has 25 heavy (non-hydrogen) atoms. The van der Waals surface area contributed by atoms with Gasteiger partial charge in [0.25, 0.3) is 11.8 Å². The molecular weight excluding hydrogens is 348 g/mol. The van der Waals surface area contributed by atoms with E-state index in [4.69, 9.17) is 4.84 Å². The molecule has 0 spiro atoms. The number of piperidine rings is 1. The molecular formula is C16H18N2O6S. The predicted octanol–water partition coefficient (Wildman–Crippen LogP) is 0.802.